The summed E-state index contributed by atoms with van der Waals surface area (Å²) in [6.07, 6.45) is 0.187. The summed E-state index contributed by atoms with van der Waals surface area (Å²) < 4.78 is 19.7. The van der Waals surface area contributed by atoms with Crippen molar-refractivity contribution in [3.8, 4) is 0 Å². The fourth-order valence-corrected chi connectivity index (χ4v) is 2.48. The first-order valence-corrected chi connectivity index (χ1v) is 6.99. The van der Waals surface area contributed by atoms with Gasteiger partial charge in [-0.1, -0.05) is 13.0 Å². The minimum atomic E-state index is -0.134. The highest BCUT2D eigenvalue weighted by molar-refractivity contribution is 5.55. The van der Waals surface area contributed by atoms with Crippen LogP contribution in [0.3, 0.4) is 0 Å². The van der Waals surface area contributed by atoms with E-state index in [1.54, 1.807) is 6.07 Å². The van der Waals surface area contributed by atoms with Crippen LogP contribution in [0.4, 0.5) is 10.1 Å². The molecular formula is C15H23FN2O. The second-order valence-electron chi connectivity index (χ2n) is 5.16. The topological polar surface area (TPSA) is 24.5 Å². The van der Waals surface area contributed by atoms with E-state index in [2.05, 4.69) is 24.1 Å². The van der Waals surface area contributed by atoms with E-state index in [1.807, 2.05) is 13.0 Å². The molecule has 1 fully saturated rings. The first-order valence-electron chi connectivity index (χ1n) is 6.99. The number of nitrogens with one attached hydrogen (secondary N) is 1. The lowest BCUT2D eigenvalue weighted by molar-refractivity contribution is 0.0343. The maximum atomic E-state index is 14.1. The van der Waals surface area contributed by atoms with E-state index in [0.717, 1.165) is 24.3 Å². The number of rotatable bonds is 4. The molecule has 4 heteroatoms. The van der Waals surface area contributed by atoms with E-state index < -0.39 is 0 Å². The molecular weight excluding hydrogens is 243 g/mol. The van der Waals surface area contributed by atoms with Crippen LogP contribution < -0.4 is 10.2 Å². The minimum absolute atomic E-state index is 0.134. The molecule has 0 spiro atoms. The molecule has 0 aliphatic carbocycles. The van der Waals surface area contributed by atoms with E-state index in [9.17, 15) is 4.39 Å². The molecule has 0 radical (unpaired) electrons. The molecule has 0 aromatic heterocycles. The molecule has 106 valence electrons. The lowest BCUT2D eigenvalue weighted by Gasteiger charge is -2.39. The van der Waals surface area contributed by atoms with Crippen LogP contribution >= 0.6 is 0 Å². The van der Waals surface area contributed by atoms with Crippen molar-refractivity contribution in [3.05, 3.63) is 29.6 Å². The Balaban J connectivity index is 2.29. The molecule has 2 atom stereocenters. The van der Waals surface area contributed by atoms with Crippen molar-refractivity contribution in [2.45, 2.75) is 39.5 Å². The van der Waals surface area contributed by atoms with Crippen LogP contribution in [-0.2, 0) is 11.3 Å². The summed E-state index contributed by atoms with van der Waals surface area (Å²) in [5, 5.41) is 3.21. The van der Waals surface area contributed by atoms with Crippen LogP contribution in [0.1, 0.15) is 26.3 Å². The van der Waals surface area contributed by atoms with Gasteiger partial charge in [0.25, 0.3) is 0 Å². The lowest BCUT2D eigenvalue weighted by atomic mass is 10.1. The standard InChI is InChI=1S/C15H23FN2O/c1-4-17-8-13-14(16)6-5-7-15(13)18-9-12(3)19-10-11(18)2/h5-7,11-12,17H,4,8-10H2,1-3H3. The Labute approximate surface area is 114 Å². The number of anilines is 1. The Morgan fingerprint density at radius 2 is 2.21 bits per heavy atom. The van der Waals surface area contributed by atoms with Crippen molar-refractivity contribution < 1.29 is 9.13 Å². The molecule has 19 heavy (non-hydrogen) atoms. The Morgan fingerprint density at radius 3 is 2.95 bits per heavy atom. The van der Waals surface area contributed by atoms with Crippen molar-refractivity contribution >= 4 is 5.69 Å². The number of hydrogen-bond donors (Lipinski definition) is 1. The summed E-state index contributed by atoms with van der Waals surface area (Å²) in [5.74, 6) is -0.134. The van der Waals surface area contributed by atoms with Crippen molar-refractivity contribution in [3.63, 3.8) is 0 Å². The smallest absolute Gasteiger partial charge is 0.129 e. The molecule has 2 rings (SSSR count). The number of nitrogens with zero attached hydrogens (tertiary/aromatic N) is 1. The fourth-order valence-electron chi connectivity index (χ4n) is 2.48. The summed E-state index contributed by atoms with van der Waals surface area (Å²) in [6.45, 7) is 9.11. The molecule has 1 aliphatic rings. The van der Waals surface area contributed by atoms with Crippen molar-refractivity contribution in [2.24, 2.45) is 0 Å². The van der Waals surface area contributed by atoms with Gasteiger partial charge in [0.05, 0.1) is 12.7 Å². The predicted molar refractivity (Wildman–Crippen MR) is 76.0 cm³/mol. The van der Waals surface area contributed by atoms with E-state index >= 15 is 0 Å². The number of hydrogen-bond acceptors (Lipinski definition) is 3. The van der Waals surface area contributed by atoms with Gasteiger partial charge < -0.3 is 15.0 Å². The van der Waals surface area contributed by atoms with Crippen LogP contribution in [0, 0.1) is 5.82 Å². The van der Waals surface area contributed by atoms with Gasteiger partial charge in [-0.15, -0.1) is 0 Å². The zero-order chi connectivity index (χ0) is 13.8. The predicted octanol–water partition coefficient (Wildman–Crippen LogP) is 2.55. The molecule has 1 aliphatic heterocycles. The molecule has 0 amide bonds. The Morgan fingerprint density at radius 1 is 1.42 bits per heavy atom. The van der Waals surface area contributed by atoms with Crippen LogP contribution in [0.2, 0.25) is 0 Å². The summed E-state index contributed by atoms with van der Waals surface area (Å²) >= 11 is 0. The second kappa shape index (κ2) is 6.35. The maximum absolute atomic E-state index is 14.1. The highest BCUT2D eigenvalue weighted by Crippen LogP contribution is 2.27. The van der Waals surface area contributed by atoms with Gasteiger partial charge in [0.1, 0.15) is 5.82 Å². The molecule has 1 saturated heterocycles. The van der Waals surface area contributed by atoms with E-state index in [4.69, 9.17) is 4.74 Å². The first kappa shape index (κ1) is 14.3. The fraction of sp³-hybridized carbons (Fsp3) is 0.600. The number of morpholine rings is 1. The summed E-state index contributed by atoms with van der Waals surface area (Å²) in [6, 6.07) is 5.60. The number of benzene rings is 1. The van der Waals surface area contributed by atoms with Gasteiger partial charge in [-0.3, -0.25) is 0 Å². The Bertz CT molecular complexity index is 425. The second-order valence-corrected chi connectivity index (χ2v) is 5.16. The van der Waals surface area contributed by atoms with Gasteiger partial charge in [0.2, 0.25) is 0 Å². The van der Waals surface area contributed by atoms with Crippen molar-refractivity contribution in [1.29, 1.82) is 0 Å². The molecule has 3 nitrogen and oxygen atoms in total. The highest BCUT2D eigenvalue weighted by atomic mass is 19.1. The van der Waals surface area contributed by atoms with Crippen LogP contribution in [0.15, 0.2) is 18.2 Å². The third-order valence-corrected chi connectivity index (χ3v) is 3.56. The molecule has 1 heterocycles. The molecule has 1 aromatic rings. The SMILES string of the molecule is CCNCc1c(F)cccc1N1CC(C)OCC1C. The zero-order valence-electron chi connectivity index (χ0n) is 11.9. The minimum Gasteiger partial charge on any atom is -0.375 e. The van der Waals surface area contributed by atoms with E-state index in [1.165, 1.54) is 6.07 Å². The number of halogens is 1. The van der Waals surface area contributed by atoms with Crippen LogP contribution in [0.5, 0.6) is 0 Å². The molecule has 1 N–H and O–H groups in total. The van der Waals surface area contributed by atoms with Gasteiger partial charge in [-0.25, -0.2) is 4.39 Å². The van der Waals surface area contributed by atoms with Crippen LogP contribution in [-0.4, -0.2) is 31.8 Å². The van der Waals surface area contributed by atoms with E-state index in [0.29, 0.717) is 13.2 Å². The maximum Gasteiger partial charge on any atom is 0.129 e. The van der Waals surface area contributed by atoms with Crippen molar-refractivity contribution in [1.82, 2.24) is 5.32 Å². The summed E-state index contributed by atoms with van der Waals surface area (Å²) in [7, 11) is 0. The molecule has 1 aromatic carbocycles. The quantitative estimate of drug-likeness (QED) is 0.906. The van der Waals surface area contributed by atoms with Gasteiger partial charge in [-0.05, 0) is 32.5 Å². The van der Waals surface area contributed by atoms with Gasteiger partial charge in [0, 0.05) is 30.4 Å². The first-order chi connectivity index (χ1) is 9.13. The summed E-state index contributed by atoms with van der Waals surface area (Å²) in [5.41, 5.74) is 1.74. The third kappa shape index (κ3) is 3.25. The average molecular weight is 266 g/mol. The molecule has 2 unspecified atom stereocenters. The Kier molecular flexibility index (Phi) is 4.77. The lowest BCUT2D eigenvalue weighted by Crippen LogP contribution is -2.48. The highest BCUT2D eigenvalue weighted by Gasteiger charge is 2.26. The third-order valence-electron chi connectivity index (χ3n) is 3.56. The summed E-state index contributed by atoms with van der Waals surface area (Å²) in [4.78, 5) is 2.25. The monoisotopic (exact) mass is 266 g/mol. The number of ether oxygens (including phenoxy) is 1. The largest absolute Gasteiger partial charge is 0.375 e. The normalized spacial score (nSPS) is 23.7. The van der Waals surface area contributed by atoms with Gasteiger partial charge >= 0.3 is 0 Å². The molecule has 0 bridgehead atoms. The van der Waals surface area contributed by atoms with Gasteiger partial charge in [-0.2, -0.15) is 0 Å². The average Bonchev–Trinajstić information content (AvgIpc) is 2.40. The van der Waals surface area contributed by atoms with E-state index in [-0.39, 0.29) is 18.0 Å². The molecule has 0 saturated carbocycles. The van der Waals surface area contributed by atoms with Crippen LogP contribution in [0.25, 0.3) is 0 Å². The van der Waals surface area contributed by atoms with Crippen molar-refractivity contribution in [2.75, 3.05) is 24.6 Å². The Hall–Kier alpha value is -1.13. The zero-order valence-corrected chi connectivity index (χ0v) is 11.9. The van der Waals surface area contributed by atoms with Gasteiger partial charge in [0.15, 0.2) is 0 Å².